The summed E-state index contributed by atoms with van der Waals surface area (Å²) in [4.78, 5) is 0. The molecule has 1 aromatic rings. The number of rotatable bonds is 3. The molecule has 0 aromatic heterocycles. The van der Waals surface area contributed by atoms with Crippen molar-refractivity contribution in [1.82, 2.24) is 0 Å². The average molecular weight is 294 g/mol. The molecule has 1 aromatic carbocycles. The Hall–Kier alpha value is -0.980. The molecule has 0 radical (unpaired) electrons. The minimum absolute atomic E-state index is 0.262. The van der Waals surface area contributed by atoms with E-state index in [-0.39, 0.29) is 18.3 Å². The van der Waals surface area contributed by atoms with Crippen molar-refractivity contribution in [2.45, 2.75) is 63.9 Å². The number of aliphatic hydroxyl groups excluding tert-OH is 1. The average Bonchev–Trinajstić information content (AvgIpc) is 2.76. The van der Waals surface area contributed by atoms with E-state index >= 15 is 0 Å². The number of ether oxygens (including phenoxy) is 4. The van der Waals surface area contributed by atoms with E-state index in [0.29, 0.717) is 6.61 Å². The summed E-state index contributed by atoms with van der Waals surface area (Å²) in [6.07, 6.45) is -2.37. The summed E-state index contributed by atoms with van der Waals surface area (Å²) >= 11 is 0. The van der Waals surface area contributed by atoms with Gasteiger partial charge in [0.05, 0.1) is 12.7 Å². The van der Waals surface area contributed by atoms with Gasteiger partial charge in [-0.05, 0) is 26.3 Å². The van der Waals surface area contributed by atoms with Crippen LogP contribution in [-0.2, 0) is 25.6 Å². The van der Waals surface area contributed by atoms with Crippen molar-refractivity contribution in [1.29, 1.82) is 0 Å². The third kappa shape index (κ3) is 3.12. The van der Waals surface area contributed by atoms with E-state index in [1.54, 1.807) is 0 Å². The van der Waals surface area contributed by atoms with Crippen molar-refractivity contribution in [2.24, 2.45) is 0 Å². The maximum atomic E-state index is 10.0. The minimum Gasteiger partial charge on any atom is -0.368 e. The Morgan fingerprint density at radius 1 is 1.14 bits per heavy atom. The lowest BCUT2D eigenvalue weighted by molar-refractivity contribution is -0.262. The second-order valence-electron chi connectivity index (χ2n) is 6.06. The molecule has 1 N–H and O–H groups in total. The highest BCUT2D eigenvalue weighted by Crippen LogP contribution is 2.38. The van der Waals surface area contributed by atoms with E-state index in [1.165, 1.54) is 0 Å². The molecule has 0 spiro atoms. The first-order chi connectivity index (χ1) is 9.96. The molecule has 5 nitrogen and oxygen atoms in total. The van der Waals surface area contributed by atoms with Crippen LogP contribution in [0.15, 0.2) is 30.3 Å². The fraction of sp³-hybridized carbons (Fsp3) is 0.625. The van der Waals surface area contributed by atoms with Crippen molar-refractivity contribution in [3.05, 3.63) is 35.9 Å². The van der Waals surface area contributed by atoms with Gasteiger partial charge in [-0.25, -0.2) is 0 Å². The van der Waals surface area contributed by atoms with Gasteiger partial charge < -0.3 is 24.1 Å². The zero-order chi connectivity index (χ0) is 15.0. The summed E-state index contributed by atoms with van der Waals surface area (Å²) < 4.78 is 23.1. The van der Waals surface area contributed by atoms with Gasteiger partial charge in [0.2, 0.25) is 0 Å². The molecule has 2 aliphatic rings. The summed E-state index contributed by atoms with van der Waals surface area (Å²) in [7, 11) is 0. The number of benzene rings is 1. The second kappa shape index (κ2) is 5.66. The molecule has 5 atom stereocenters. The van der Waals surface area contributed by atoms with Gasteiger partial charge in [-0.1, -0.05) is 30.3 Å². The fourth-order valence-electron chi connectivity index (χ4n) is 2.93. The highest BCUT2D eigenvalue weighted by molar-refractivity contribution is 5.13. The van der Waals surface area contributed by atoms with Crippen LogP contribution >= 0.6 is 0 Å². The van der Waals surface area contributed by atoms with Crippen molar-refractivity contribution in [3.63, 3.8) is 0 Å². The quantitative estimate of drug-likeness (QED) is 0.921. The van der Waals surface area contributed by atoms with Crippen LogP contribution in [0.1, 0.15) is 26.3 Å². The topological polar surface area (TPSA) is 57.2 Å². The van der Waals surface area contributed by atoms with E-state index in [9.17, 15) is 5.11 Å². The van der Waals surface area contributed by atoms with Crippen LogP contribution in [0.4, 0.5) is 0 Å². The molecule has 3 rings (SSSR count). The molecule has 2 heterocycles. The number of aliphatic hydroxyl groups is 1. The Morgan fingerprint density at radius 3 is 2.52 bits per heavy atom. The van der Waals surface area contributed by atoms with E-state index in [0.717, 1.165) is 5.56 Å². The third-order valence-electron chi connectivity index (χ3n) is 3.87. The normalized spacial score (nSPS) is 38.2. The van der Waals surface area contributed by atoms with Gasteiger partial charge in [-0.15, -0.1) is 0 Å². The Morgan fingerprint density at radius 2 is 1.81 bits per heavy atom. The fourth-order valence-corrected chi connectivity index (χ4v) is 2.93. The summed E-state index contributed by atoms with van der Waals surface area (Å²) in [6.45, 7) is 6.01. The van der Waals surface area contributed by atoms with E-state index in [1.807, 2.05) is 51.1 Å². The van der Waals surface area contributed by atoms with Gasteiger partial charge in [0.1, 0.15) is 18.3 Å². The van der Waals surface area contributed by atoms with E-state index in [4.69, 9.17) is 18.9 Å². The van der Waals surface area contributed by atoms with Gasteiger partial charge in [-0.3, -0.25) is 0 Å². The van der Waals surface area contributed by atoms with Gasteiger partial charge >= 0.3 is 0 Å². The highest BCUT2D eigenvalue weighted by Gasteiger charge is 2.54. The SMILES string of the molecule is CC1O[C@@H](O)[C@H]2OC(C)(C)OC2[C@H]1OCc1ccccc1. The second-order valence-corrected chi connectivity index (χ2v) is 6.06. The molecular weight excluding hydrogens is 272 g/mol. The molecule has 0 aliphatic carbocycles. The summed E-state index contributed by atoms with van der Waals surface area (Å²) in [6, 6.07) is 9.95. The zero-order valence-corrected chi connectivity index (χ0v) is 12.6. The molecule has 2 fully saturated rings. The monoisotopic (exact) mass is 294 g/mol. The lowest BCUT2D eigenvalue weighted by Crippen LogP contribution is -2.56. The van der Waals surface area contributed by atoms with Gasteiger partial charge in [0, 0.05) is 0 Å². The largest absolute Gasteiger partial charge is 0.368 e. The maximum absolute atomic E-state index is 10.0. The Labute approximate surface area is 124 Å². The molecule has 2 unspecified atom stereocenters. The molecule has 2 aliphatic heterocycles. The highest BCUT2D eigenvalue weighted by atomic mass is 16.8. The van der Waals surface area contributed by atoms with Gasteiger partial charge in [-0.2, -0.15) is 0 Å². The molecule has 0 bridgehead atoms. The van der Waals surface area contributed by atoms with Crippen LogP contribution < -0.4 is 0 Å². The van der Waals surface area contributed by atoms with E-state index < -0.39 is 18.2 Å². The number of hydrogen-bond donors (Lipinski definition) is 1. The third-order valence-corrected chi connectivity index (χ3v) is 3.87. The van der Waals surface area contributed by atoms with E-state index in [2.05, 4.69) is 0 Å². The van der Waals surface area contributed by atoms with Crippen molar-refractivity contribution >= 4 is 0 Å². The first-order valence-corrected chi connectivity index (χ1v) is 7.31. The molecule has 0 saturated carbocycles. The molecule has 2 saturated heterocycles. The van der Waals surface area contributed by atoms with Crippen LogP contribution in [0, 0.1) is 0 Å². The smallest absolute Gasteiger partial charge is 0.184 e. The Kier molecular flexibility index (Phi) is 4.03. The van der Waals surface area contributed by atoms with Crippen molar-refractivity contribution < 1.29 is 24.1 Å². The van der Waals surface area contributed by atoms with Gasteiger partial charge in [0.15, 0.2) is 12.1 Å². The van der Waals surface area contributed by atoms with Crippen LogP contribution in [0.2, 0.25) is 0 Å². The Bertz CT molecular complexity index is 475. The summed E-state index contributed by atoms with van der Waals surface area (Å²) in [5, 5.41) is 10.0. The van der Waals surface area contributed by atoms with Gasteiger partial charge in [0.25, 0.3) is 0 Å². The summed E-state index contributed by atoms with van der Waals surface area (Å²) in [5.41, 5.74) is 1.09. The molecule has 116 valence electrons. The zero-order valence-electron chi connectivity index (χ0n) is 12.6. The molecule has 21 heavy (non-hydrogen) atoms. The number of hydrogen-bond acceptors (Lipinski definition) is 5. The van der Waals surface area contributed by atoms with Crippen LogP contribution in [0.3, 0.4) is 0 Å². The van der Waals surface area contributed by atoms with Crippen LogP contribution in [-0.4, -0.2) is 41.6 Å². The van der Waals surface area contributed by atoms with Crippen molar-refractivity contribution in [3.8, 4) is 0 Å². The maximum Gasteiger partial charge on any atom is 0.184 e. The standard InChI is InChI=1S/C16H22O5/c1-10-12(18-9-11-7-5-4-6-8-11)13-14(15(17)19-10)21-16(2,3)20-13/h4-8,10,12-15,17H,9H2,1-3H3/t10?,12-,13?,14-,15+/m0/s1. The summed E-state index contributed by atoms with van der Waals surface area (Å²) in [5.74, 6) is -0.738. The first kappa shape index (κ1) is 14.9. The molecular formula is C16H22O5. The predicted molar refractivity (Wildman–Crippen MR) is 75.4 cm³/mol. The predicted octanol–water partition coefficient (Wildman–Crippen LogP) is 1.83. The molecule has 0 amide bonds. The van der Waals surface area contributed by atoms with Crippen LogP contribution in [0.25, 0.3) is 0 Å². The lowest BCUT2D eigenvalue weighted by Gasteiger charge is -2.38. The number of fused-ring (bicyclic) bond motifs is 1. The minimum atomic E-state index is -0.983. The molecule has 5 heteroatoms. The lowest BCUT2D eigenvalue weighted by atomic mass is 10.00. The first-order valence-electron chi connectivity index (χ1n) is 7.31. The van der Waals surface area contributed by atoms with Crippen LogP contribution in [0.5, 0.6) is 0 Å². The van der Waals surface area contributed by atoms with Crippen molar-refractivity contribution in [2.75, 3.05) is 0 Å². The Balaban J connectivity index is 1.71.